The minimum absolute atomic E-state index is 0.0576. The zero-order chi connectivity index (χ0) is 22.6. The van der Waals surface area contributed by atoms with Crippen molar-refractivity contribution in [3.8, 4) is 5.69 Å². The summed E-state index contributed by atoms with van der Waals surface area (Å²) in [6.07, 6.45) is -1.72. The van der Waals surface area contributed by atoms with Gasteiger partial charge in [-0.25, -0.2) is 4.98 Å². The van der Waals surface area contributed by atoms with E-state index >= 15 is 0 Å². The molecule has 4 aromatic rings. The van der Waals surface area contributed by atoms with Crippen molar-refractivity contribution in [2.75, 3.05) is 0 Å². The molecule has 0 unspecified atom stereocenters. The van der Waals surface area contributed by atoms with Crippen LogP contribution < -0.4 is 5.56 Å². The molecule has 0 fully saturated rings. The zero-order valence-electron chi connectivity index (χ0n) is 16.0. The molecule has 4 rings (SSSR count). The van der Waals surface area contributed by atoms with Gasteiger partial charge in [0.05, 0.1) is 22.3 Å². The molecular weight excluding hydrogens is 440 g/mol. The van der Waals surface area contributed by atoms with Gasteiger partial charge in [0.2, 0.25) is 5.65 Å². The number of aryl methyl sites for hydroxylation is 1. The van der Waals surface area contributed by atoms with Crippen molar-refractivity contribution in [2.24, 2.45) is 0 Å². The van der Waals surface area contributed by atoms with Gasteiger partial charge in [-0.1, -0.05) is 6.92 Å². The lowest BCUT2D eigenvalue weighted by atomic mass is 10.1. The van der Waals surface area contributed by atoms with Gasteiger partial charge in [-0.3, -0.25) is 13.8 Å². The van der Waals surface area contributed by atoms with Gasteiger partial charge in [-0.15, -0.1) is 10.2 Å². The molecule has 0 aliphatic heterocycles. The van der Waals surface area contributed by atoms with Crippen LogP contribution in [0.4, 0.5) is 13.2 Å². The summed E-state index contributed by atoms with van der Waals surface area (Å²) in [5.74, 6) is 0.164. The Kier molecular flexibility index (Phi) is 4.99. The van der Waals surface area contributed by atoms with Gasteiger partial charge in [0, 0.05) is 18.8 Å². The number of hydrogen-bond donors (Lipinski definition) is 3. The van der Waals surface area contributed by atoms with Gasteiger partial charge in [-0.2, -0.15) is 13.2 Å². The van der Waals surface area contributed by atoms with Gasteiger partial charge in [-0.05, 0) is 18.6 Å². The van der Waals surface area contributed by atoms with Crippen LogP contribution in [-0.2, 0) is 23.3 Å². The summed E-state index contributed by atoms with van der Waals surface area (Å²) in [4.78, 5) is 37.4. The lowest BCUT2D eigenvalue weighted by Crippen LogP contribution is -2.16. The van der Waals surface area contributed by atoms with Crippen LogP contribution >= 0.6 is 7.60 Å². The van der Waals surface area contributed by atoms with Crippen LogP contribution in [0.1, 0.15) is 30.6 Å². The van der Waals surface area contributed by atoms with Crippen molar-refractivity contribution in [3.63, 3.8) is 0 Å². The fraction of sp³-hybridized carbons (Fsp3) is 0.294. The molecule has 0 saturated carbocycles. The molecular formula is C17H16F3N6O4P. The lowest BCUT2D eigenvalue weighted by Gasteiger charge is -2.17. The van der Waals surface area contributed by atoms with Crippen molar-refractivity contribution in [1.82, 2.24) is 29.1 Å². The molecule has 0 bridgehead atoms. The van der Waals surface area contributed by atoms with Gasteiger partial charge in [0.1, 0.15) is 17.8 Å². The average molecular weight is 456 g/mol. The number of rotatable bonds is 5. The monoisotopic (exact) mass is 456 g/mol. The first kappa shape index (κ1) is 21.2. The highest BCUT2D eigenvalue weighted by atomic mass is 31.2. The highest BCUT2D eigenvalue weighted by Crippen LogP contribution is 2.40. The Balaban J connectivity index is 2.11. The van der Waals surface area contributed by atoms with E-state index in [-0.39, 0.29) is 28.2 Å². The van der Waals surface area contributed by atoms with Gasteiger partial charge in [0.15, 0.2) is 0 Å². The molecule has 164 valence electrons. The fourth-order valence-corrected chi connectivity index (χ4v) is 4.01. The lowest BCUT2D eigenvalue weighted by molar-refractivity contribution is -0.137. The number of nitrogens with one attached hydrogen (secondary N) is 1. The van der Waals surface area contributed by atoms with Crippen LogP contribution in [0.15, 0.2) is 29.3 Å². The molecule has 0 spiro atoms. The number of aromatic nitrogens is 6. The van der Waals surface area contributed by atoms with Crippen LogP contribution in [-0.4, -0.2) is 38.9 Å². The highest BCUT2D eigenvalue weighted by molar-refractivity contribution is 7.50. The van der Waals surface area contributed by atoms with E-state index in [2.05, 4.69) is 20.2 Å². The van der Waals surface area contributed by atoms with Crippen LogP contribution in [0.5, 0.6) is 0 Å². The van der Waals surface area contributed by atoms with E-state index in [0.717, 1.165) is 10.5 Å². The second-order valence-corrected chi connectivity index (χ2v) is 8.55. The number of hydrogen-bond acceptors (Lipinski definition) is 5. The number of H-pyrrole nitrogens is 1. The number of aromatic amines is 1. The predicted molar refractivity (Wildman–Crippen MR) is 103 cm³/mol. The number of alkyl halides is 3. The van der Waals surface area contributed by atoms with Crippen molar-refractivity contribution in [1.29, 1.82) is 0 Å². The highest BCUT2D eigenvalue weighted by Gasteiger charge is 2.35. The summed E-state index contributed by atoms with van der Waals surface area (Å²) in [5.41, 5.74) is -2.51. The molecule has 14 heteroatoms. The third-order valence-corrected chi connectivity index (χ3v) is 5.33. The van der Waals surface area contributed by atoms with Crippen LogP contribution in [0.2, 0.25) is 0 Å². The molecule has 0 saturated heterocycles. The van der Waals surface area contributed by atoms with Crippen molar-refractivity contribution in [2.45, 2.75) is 32.1 Å². The zero-order valence-corrected chi connectivity index (χ0v) is 16.9. The number of fused-ring (bicyclic) bond motifs is 3. The molecule has 0 atom stereocenters. The Bertz CT molecular complexity index is 1400. The summed E-state index contributed by atoms with van der Waals surface area (Å²) in [6, 6.07) is 1.96. The Morgan fingerprint density at radius 3 is 2.58 bits per heavy atom. The summed E-state index contributed by atoms with van der Waals surface area (Å²) < 4.78 is 55.5. The molecule has 3 heterocycles. The SMILES string of the molecule is CCCc1nccn1-c1cc2c(cc1C(F)(F)F)[nH]c(=O)c1nnc(CP(=O)(O)O)n12. The fourth-order valence-electron chi connectivity index (χ4n) is 3.43. The summed E-state index contributed by atoms with van der Waals surface area (Å²) in [5, 5.41) is 7.31. The van der Waals surface area contributed by atoms with Gasteiger partial charge in [0.25, 0.3) is 5.56 Å². The van der Waals surface area contributed by atoms with E-state index in [4.69, 9.17) is 0 Å². The normalized spacial score (nSPS) is 12.8. The van der Waals surface area contributed by atoms with E-state index in [0.29, 0.717) is 18.7 Å². The second kappa shape index (κ2) is 7.29. The van der Waals surface area contributed by atoms with E-state index in [9.17, 15) is 32.3 Å². The molecule has 0 aliphatic rings. The number of benzene rings is 1. The molecule has 0 radical (unpaired) electrons. The molecule has 1 aromatic carbocycles. The predicted octanol–water partition coefficient (Wildman–Crippen LogP) is 2.41. The number of imidazole rings is 1. The smallest absolute Gasteiger partial charge is 0.324 e. The number of nitrogens with zero attached hydrogens (tertiary/aromatic N) is 5. The van der Waals surface area contributed by atoms with Gasteiger partial charge < -0.3 is 19.3 Å². The maximum absolute atomic E-state index is 13.9. The van der Waals surface area contributed by atoms with Crippen molar-refractivity contribution < 1.29 is 27.5 Å². The summed E-state index contributed by atoms with van der Waals surface area (Å²) in [6.45, 7) is 1.86. The van der Waals surface area contributed by atoms with Crippen LogP contribution in [0, 0.1) is 0 Å². The second-order valence-electron chi connectivity index (χ2n) is 6.90. The van der Waals surface area contributed by atoms with Crippen molar-refractivity contribution >= 4 is 24.3 Å². The average Bonchev–Trinajstić information content (AvgIpc) is 3.27. The standard InChI is InChI=1S/C17H16F3N6O4P/c1-2-3-13-21-4-5-25(13)11-7-12-10(6-9(11)17(18,19)20)22-16(27)15-24-23-14(26(12)15)8-31(28,29)30/h4-7H,2-3,8H2,1H3,(H,22,27)(H2,28,29,30). The molecule has 3 N–H and O–H groups in total. The minimum Gasteiger partial charge on any atom is -0.324 e. The number of halogens is 3. The first-order valence-corrected chi connectivity index (χ1v) is 10.9. The first-order chi connectivity index (χ1) is 14.5. The van der Waals surface area contributed by atoms with Crippen LogP contribution in [0.25, 0.3) is 22.4 Å². The van der Waals surface area contributed by atoms with E-state index < -0.39 is 31.1 Å². The Morgan fingerprint density at radius 2 is 1.94 bits per heavy atom. The molecule has 0 aliphatic carbocycles. The maximum atomic E-state index is 13.9. The Hall–Kier alpha value is -3.02. The van der Waals surface area contributed by atoms with Crippen LogP contribution in [0.3, 0.4) is 0 Å². The van der Waals surface area contributed by atoms with E-state index in [1.54, 1.807) is 0 Å². The largest absolute Gasteiger partial charge is 0.418 e. The summed E-state index contributed by atoms with van der Waals surface area (Å²) in [7, 11) is -4.60. The third-order valence-electron chi connectivity index (χ3n) is 4.64. The molecule has 10 nitrogen and oxygen atoms in total. The third kappa shape index (κ3) is 3.87. The Labute approximate surface area is 171 Å². The minimum atomic E-state index is -4.74. The van der Waals surface area contributed by atoms with Crippen molar-refractivity contribution in [3.05, 3.63) is 52.1 Å². The maximum Gasteiger partial charge on any atom is 0.418 e. The molecule has 31 heavy (non-hydrogen) atoms. The van der Waals surface area contributed by atoms with E-state index in [1.165, 1.54) is 23.0 Å². The topological polar surface area (TPSA) is 138 Å². The Morgan fingerprint density at radius 1 is 1.19 bits per heavy atom. The molecule has 3 aromatic heterocycles. The first-order valence-electron chi connectivity index (χ1n) is 9.08. The summed E-state index contributed by atoms with van der Waals surface area (Å²) >= 11 is 0. The molecule has 0 amide bonds. The quantitative estimate of drug-likeness (QED) is 0.392. The van der Waals surface area contributed by atoms with Gasteiger partial charge >= 0.3 is 13.8 Å². The van der Waals surface area contributed by atoms with E-state index in [1.807, 2.05) is 6.92 Å².